The van der Waals surface area contributed by atoms with E-state index in [1.54, 1.807) is 32.7 Å². The first-order valence-corrected chi connectivity index (χ1v) is 6.51. The number of hydrogen-bond acceptors (Lipinski definition) is 5. The van der Waals surface area contributed by atoms with E-state index in [0.29, 0.717) is 28.8 Å². The minimum Gasteiger partial charge on any atom is -0.493 e. The maximum atomic E-state index is 5.68. The van der Waals surface area contributed by atoms with Gasteiger partial charge in [0.05, 0.1) is 32.0 Å². The predicted molar refractivity (Wildman–Crippen MR) is 75.5 cm³/mol. The molecule has 0 aromatic carbocycles. The number of rotatable bonds is 6. The molecule has 0 unspecified atom stereocenters. The summed E-state index contributed by atoms with van der Waals surface area (Å²) in [5, 5.41) is 0. The molecule has 0 amide bonds. The zero-order valence-electron chi connectivity index (χ0n) is 11.3. The van der Waals surface area contributed by atoms with Gasteiger partial charge >= 0.3 is 0 Å². The molecule has 2 aromatic heterocycles. The van der Waals surface area contributed by atoms with Crippen molar-refractivity contribution in [2.45, 2.75) is 12.5 Å². The highest BCUT2D eigenvalue weighted by Crippen LogP contribution is 2.29. The first kappa shape index (κ1) is 14.4. The fraction of sp³-hybridized carbons (Fsp3) is 0.286. The lowest BCUT2D eigenvalue weighted by molar-refractivity contribution is 0.284. The Bertz CT molecular complexity index is 561. The van der Waals surface area contributed by atoms with E-state index in [4.69, 9.17) is 25.8 Å². The molecule has 20 heavy (non-hydrogen) atoms. The van der Waals surface area contributed by atoms with Crippen molar-refractivity contribution in [3.63, 3.8) is 0 Å². The summed E-state index contributed by atoms with van der Waals surface area (Å²) in [6.45, 7) is 0.266. The summed E-state index contributed by atoms with van der Waals surface area (Å²) < 4.78 is 16.1. The lowest BCUT2D eigenvalue weighted by atomic mass is 10.3. The summed E-state index contributed by atoms with van der Waals surface area (Å²) in [5.74, 6) is 2.22. The Hall–Kier alpha value is -2.01. The molecule has 0 fully saturated rings. The largest absolute Gasteiger partial charge is 0.493 e. The molecule has 0 aliphatic heterocycles. The van der Waals surface area contributed by atoms with E-state index < -0.39 is 0 Å². The third-order valence-electron chi connectivity index (χ3n) is 2.68. The van der Waals surface area contributed by atoms with Crippen LogP contribution in [0.5, 0.6) is 17.2 Å². The highest BCUT2D eigenvalue weighted by atomic mass is 35.5. The summed E-state index contributed by atoms with van der Waals surface area (Å²) >= 11 is 5.68. The first-order chi connectivity index (χ1) is 9.78. The normalized spacial score (nSPS) is 10.2. The number of alkyl halides is 1. The molecule has 0 saturated heterocycles. The highest BCUT2D eigenvalue weighted by molar-refractivity contribution is 6.16. The van der Waals surface area contributed by atoms with E-state index in [1.807, 2.05) is 12.1 Å². The number of ether oxygens (including phenoxy) is 3. The fourth-order valence-corrected chi connectivity index (χ4v) is 1.84. The number of aromatic nitrogens is 2. The summed E-state index contributed by atoms with van der Waals surface area (Å²) in [4.78, 5) is 8.39. The van der Waals surface area contributed by atoms with Crippen molar-refractivity contribution < 1.29 is 14.2 Å². The Morgan fingerprint density at radius 2 is 1.95 bits per heavy atom. The van der Waals surface area contributed by atoms with E-state index >= 15 is 0 Å². The first-order valence-electron chi connectivity index (χ1n) is 5.98. The Kier molecular flexibility index (Phi) is 5.01. The van der Waals surface area contributed by atoms with Crippen LogP contribution in [0.15, 0.2) is 30.6 Å². The van der Waals surface area contributed by atoms with Gasteiger partial charge in [0.25, 0.3) is 0 Å². The number of halogens is 1. The average Bonchev–Trinajstić information content (AvgIpc) is 2.52. The van der Waals surface area contributed by atoms with Gasteiger partial charge in [0.2, 0.25) is 0 Å². The smallest absolute Gasteiger partial charge is 0.185 e. The zero-order chi connectivity index (χ0) is 14.4. The Morgan fingerprint density at radius 1 is 1.10 bits per heavy atom. The standard InChI is InChI=1S/C14H15ClN2O3/c1-18-13-5-6-16-12(14(13)19-2)9-20-11-4-3-10(7-15)17-8-11/h3-6,8H,7,9H2,1-2H3. The summed E-state index contributed by atoms with van der Waals surface area (Å²) in [6.07, 6.45) is 3.28. The SMILES string of the molecule is COc1ccnc(COc2ccc(CCl)nc2)c1OC. The molecule has 2 rings (SSSR count). The van der Waals surface area contributed by atoms with E-state index in [0.717, 1.165) is 5.69 Å². The molecule has 0 spiro atoms. The zero-order valence-corrected chi connectivity index (χ0v) is 12.1. The monoisotopic (exact) mass is 294 g/mol. The molecule has 0 N–H and O–H groups in total. The molecule has 6 heteroatoms. The van der Waals surface area contributed by atoms with Crippen LogP contribution in [-0.2, 0) is 12.5 Å². The molecule has 0 bridgehead atoms. The van der Waals surface area contributed by atoms with Crippen LogP contribution in [0, 0.1) is 0 Å². The summed E-state index contributed by atoms with van der Waals surface area (Å²) in [7, 11) is 3.15. The molecule has 5 nitrogen and oxygen atoms in total. The Morgan fingerprint density at radius 3 is 2.55 bits per heavy atom. The minimum absolute atomic E-state index is 0.266. The summed E-state index contributed by atoms with van der Waals surface area (Å²) in [6, 6.07) is 5.37. The molecule has 106 valence electrons. The molecule has 0 radical (unpaired) electrons. The van der Waals surface area contributed by atoms with Gasteiger partial charge in [-0.2, -0.15) is 0 Å². The lowest BCUT2D eigenvalue weighted by Gasteiger charge is -2.12. The van der Waals surface area contributed by atoms with Crippen LogP contribution in [0.3, 0.4) is 0 Å². The van der Waals surface area contributed by atoms with E-state index in [2.05, 4.69) is 9.97 Å². The average molecular weight is 295 g/mol. The molecule has 2 aromatic rings. The molecule has 0 aliphatic carbocycles. The van der Waals surface area contributed by atoms with Gasteiger partial charge in [0, 0.05) is 12.3 Å². The third-order valence-corrected chi connectivity index (χ3v) is 2.95. The number of methoxy groups -OCH3 is 2. The molecule has 0 atom stereocenters. The van der Waals surface area contributed by atoms with Gasteiger partial charge in [-0.15, -0.1) is 11.6 Å². The van der Waals surface area contributed by atoms with Crippen molar-refractivity contribution >= 4 is 11.6 Å². The second-order valence-corrected chi connectivity index (χ2v) is 4.17. The van der Waals surface area contributed by atoms with Crippen molar-refractivity contribution in [2.75, 3.05) is 14.2 Å². The number of pyridine rings is 2. The van der Waals surface area contributed by atoms with Crippen LogP contribution < -0.4 is 14.2 Å². The fourth-order valence-electron chi connectivity index (χ4n) is 1.68. The van der Waals surface area contributed by atoms with Crippen LogP contribution in [0.25, 0.3) is 0 Å². The van der Waals surface area contributed by atoms with E-state index in [9.17, 15) is 0 Å². The van der Waals surface area contributed by atoms with Gasteiger partial charge in [-0.25, -0.2) is 0 Å². The molecule has 0 aliphatic rings. The quantitative estimate of drug-likeness (QED) is 0.767. The van der Waals surface area contributed by atoms with Gasteiger partial charge in [0.15, 0.2) is 11.5 Å². The van der Waals surface area contributed by atoms with Crippen molar-refractivity contribution in [1.82, 2.24) is 9.97 Å². The maximum Gasteiger partial charge on any atom is 0.185 e. The minimum atomic E-state index is 0.266. The molecule has 2 heterocycles. The van der Waals surface area contributed by atoms with Crippen LogP contribution >= 0.6 is 11.6 Å². The maximum absolute atomic E-state index is 5.68. The van der Waals surface area contributed by atoms with Gasteiger partial charge in [-0.05, 0) is 12.1 Å². The van der Waals surface area contributed by atoms with Crippen LogP contribution in [0.1, 0.15) is 11.4 Å². The Balaban J connectivity index is 2.10. The van der Waals surface area contributed by atoms with Gasteiger partial charge in [-0.3, -0.25) is 9.97 Å². The Labute approximate surface area is 122 Å². The van der Waals surface area contributed by atoms with Crippen LogP contribution in [0.4, 0.5) is 0 Å². The molecular weight excluding hydrogens is 280 g/mol. The van der Waals surface area contributed by atoms with Crippen molar-refractivity contribution in [3.05, 3.63) is 42.0 Å². The second kappa shape index (κ2) is 6.96. The molecule has 0 saturated carbocycles. The number of nitrogens with zero attached hydrogens (tertiary/aromatic N) is 2. The van der Waals surface area contributed by atoms with Crippen LogP contribution in [-0.4, -0.2) is 24.2 Å². The topological polar surface area (TPSA) is 53.5 Å². The van der Waals surface area contributed by atoms with Crippen LogP contribution in [0.2, 0.25) is 0 Å². The lowest BCUT2D eigenvalue weighted by Crippen LogP contribution is -2.03. The van der Waals surface area contributed by atoms with Crippen molar-refractivity contribution in [3.8, 4) is 17.2 Å². The van der Waals surface area contributed by atoms with E-state index in [-0.39, 0.29) is 6.61 Å². The van der Waals surface area contributed by atoms with Gasteiger partial charge < -0.3 is 14.2 Å². The number of hydrogen-bond donors (Lipinski definition) is 0. The second-order valence-electron chi connectivity index (χ2n) is 3.90. The highest BCUT2D eigenvalue weighted by Gasteiger charge is 2.11. The molecular formula is C14H15ClN2O3. The van der Waals surface area contributed by atoms with E-state index in [1.165, 1.54) is 0 Å². The summed E-state index contributed by atoms with van der Waals surface area (Å²) in [5.41, 5.74) is 1.46. The van der Waals surface area contributed by atoms with Crippen molar-refractivity contribution in [1.29, 1.82) is 0 Å². The van der Waals surface area contributed by atoms with Crippen molar-refractivity contribution in [2.24, 2.45) is 0 Å². The van der Waals surface area contributed by atoms with Gasteiger partial charge in [0.1, 0.15) is 18.1 Å². The predicted octanol–water partition coefficient (Wildman–Crippen LogP) is 2.81. The van der Waals surface area contributed by atoms with Gasteiger partial charge in [-0.1, -0.05) is 0 Å². The third kappa shape index (κ3) is 3.30.